The van der Waals surface area contributed by atoms with Gasteiger partial charge in [0.15, 0.2) is 7.29 Å². The van der Waals surface area contributed by atoms with Crippen LogP contribution in [0.25, 0.3) is 12.2 Å². The normalized spacial score (nSPS) is 19.6. The van der Waals surface area contributed by atoms with Gasteiger partial charge in [-0.15, -0.1) is 0 Å². The Morgan fingerprint density at radius 1 is 0.524 bits per heavy atom. The van der Waals surface area contributed by atoms with Crippen molar-refractivity contribution in [3.63, 3.8) is 0 Å². The highest BCUT2D eigenvalue weighted by molar-refractivity contribution is 7.63. The van der Waals surface area contributed by atoms with E-state index in [9.17, 15) is 4.57 Å². The van der Waals surface area contributed by atoms with Gasteiger partial charge in [0, 0.05) is 0 Å². The highest BCUT2D eigenvalue weighted by Crippen LogP contribution is 2.74. The quantitative estimate of drug-likeness (QED) is 0.129. The average molecular weight is 576 g/mol. The molecule has 2 nitrogen and oxygen atoms in total. The standard InChI is InChI=1S/C20H24NOP.C18H18.CH4/c1-15-5-9-17(10-6-15)19-13-14-20(23(19,22)21(3)4)18-11-7-16(2)8-12-18;1-15-7-11-17(12-8-15)5-3-4-6-18-13-9-16(2)10-14-18;/h5-14,19-20H,1-4H3;3-14H,1-2H3;1H4/b;5-3+,6-4+;/t19-,20+,23?;;. The van der Waals surface area contributed by atoms with E-state index in [1.54, 1.807) is 0 Å². The lowest BCUT2D eigenvalue weighted by atomic mass is 10.1. The predicted octanol–water partition coefficient (Wildman–Crippen LogP) is 11.2. The Bertz CT molecular complexity index is 1430. The van der Waals surface area contributed by atoms with Crippen LogP contribution in [0.4, 0.5) is 0 Å². The van der Waals surface area contributed by atoms with Gasteiger partial charge in [0.2, 0.25) is 0 Å². The predicted molar refractivity (Wildman–Crippen MR) is 185 cm³/mol. The van der Waals surface area contributed by atoms with Crippen molar-refractivity contribution in [3.05, 3.63) is 166 Å². The Kier molecular flexibility index (Phi) is 11.7. The summed E-state index contributed by atoms with van der Waals surface area (Å²) >= 11 is 0. The molecule has 4 aromatic rings. The van der Waals surface area contributed by atoms with Gasteiger partial charge >= 0.3 is 0 Å². The lowest BCUT2D eigenvalue weighted by Gasteiger charge is -2.32. The molecule has 0 N–H and O–H groups in total. The number of allylic oxidation sites excluding steroid dienone is 4. The number of nitrogens with zero attached hydrogens (tertiary/aromatic N) is 1. The number of benzene rings is 4. The van der Waals surface area contributed by atoms with E-state index in [4.69, 9.17) is 0 Å². The monoisotopic (exact) mass is 575 g/mol. The van der Waals surface area contributed by atoms with Crippen molar-refractivity contribution in [2.45, 2.75) is 46.4 Å². The molecule has 0 aliphatic carbocycles. The fraction of sp³-hybridized carbons (Fsp3) is 0.231. The molecular weight excluding hydrogens is 529 g/mol. The summed E-state index contributed by atoms with van der Waals surface area (Å²) in [5.41, 5.74) is 9.70. The van der Waals surface area contributed by atoms with Crippen molar-refractivity contribution in [2.24, 2.45) is 0 Å². The fourth-order valence-corrected chi connectivity index (χ4v) is 8.22. The van der Waals surface area contributed by atoms with Gasteiger partial charge in [-0.25, -0.2) is 0 Å². The third-order valence-corrected chi connectivity index (χ3v) is 11.4. The zero-order chi connectivity index (χ0) is 29.4. The SMILES string of the molecule is C.Cc1ccc(/C=C/C=C/c2ccc(C)cc2)cc1.Cc1ccc([C@H]2C=C[C@@H](c3ccc(C)cc3)P2(=O)N(C)C)cc1. The van der Waals surface area contributed by atoms with E-state index in [1.807, 2.05) is 18.8 Å². The largest absolute Gasteiger partial charge is 0.305 e. The van der Waals surface area contributed by atoms with E-state index in [0.29, 0.717) is 0 Å². The maximum atomic E-state index is 14.0. The van der Waals surface area contributed by atoms with Crippen molar-refractivity contribution in [1.82, 2.24) is 4.67 Å². The molecule has 4 aromatic carbocycles. The Morgan fingerprint density at radius 3 is 1.10 bits per heavy atom. The molecule has 0 saturated heterocycles. The first-order valence-electron chi connectivity index (χ1n) is 14.2. The van der Waals surface area contributed by atoms with Gasteiger partial charge in [-0.3, -0.25) is 4.67 Å². The minimum absolute atomic E-state index is 0. The van der Waals surface area contributed by atoms with Crippen molar-refractivity contribution in [3.8, 4) is 0 Å². The summed E-state index contributed by atoms with van der Waals surface area (Å²) in [6.45, 7) is 8.36. The first-order valence-corrected chi connectivity index (χ1v) is 16.0. The number of hydrogen-bond donors (Lipinski definition) is 0. The summed E-state index contributed by atoms with van der Waals surface area (Å²) in [5, 5.41) is 0. The van der Waals surface area contributed by atoms with Crippen LogP contribution in [0.1, 0.15) is 63.3 Å². The van der Waals surface area contributed by atoms with Gasteiger partial charge in [0.05, 0.1) is 11.3 Å². The van der Waals surface area contributed by atoms with Gasteiger partial charge in [-0.1, -0.05) is 163 Å². The van der Waals surface area contributed by atoms with Crippen molar-refractivity contribution in [2.75, 3.05) is 14.1 Å². The molecule has 0 radical (unpaired) electrons. The maximum absolute atomic E-state index is 14.0. The van der Waals surface area contributed by atoms with Gasteiger partial charge in [-0.2, -0.15) is 0 Å². The molecule has 1 unspecified atom stereocenters. The minimum Gasteiger partial charge on any atom is -0.305 e. The maximum Gasteiger partial charge on any atom is 0.171 e. The molecule has 3 atom stereocenters. The molecule has 0 aromatic heterocycles. The number of aryl methyl sites for hydroxylation is 4. The lowest BCUT2D eigenvalue weighted by Crippen LogP contribution is -2.15. The molecule has 218 valence electrons. The highest BCUT2D eigenvalue weighted by Gasteiger charge is 2.45. The van der Waals surface area contributed by atoms with Crippen LogP contribution in [0.5, 0.6) is 0 Å². The van der Waals surface area contributed by atoms with E-state index < -0.39 is 7.29 Å². The Labute approximate surface area is 254 Å². The Morgan fingerprint density at radius 2 is 0.810 bits per heavy atom. The molecule has 0 fully saturated rings. The molecule has 0 bridgehead atoms. The van der Waals surface area contributed by atoms with Gasteiger partial charge in [0.1, 0.15) is 0 Å². The first-order chi connectivity index (χ1) is 19.7. The van der Waals surface area contributed by atoms with E-state index in [0.717, 1.165) is 11.1 Å². The van der Waals surface area contributed by atoms with Crippen LogP contribution in [-0.2, 0) is 4.57 Å². The fourth-order valence-electron chi connectivity index (χ4n) is 4.99. The molecule has 3 heteroatoms. The van der Waals surface area contributed by atoms with Crippen LogP contribution >= 0.6 is 7.29 Å². The Hall–Kier alpha value is -3.71. The van der Waals surface area contributed by atoms with Gasteiger partial charge in [-0.05, 0) is 64.0 Å². The second-order valence-corrected chi connectivity index (χ2v) is 14.4. The summed E-state index contributed by atoms with van der Waals surface area (Å²) in [7, 11) is 1.27. The van der Waals surface area contributed by atoms with E-state index in [2.05, 4.69) is 161 Å². The summed E-state index contributed by atoms with van der Waals surface area (Å²) in [4.78, 5) is 0. The number of rotatable bonds is 6. The second kappa shape index (κ2) is 15.0. The van der Waals surface area contributed by atoms with Crippen LogP contribution in [0.3, 0.4) is 0 Å². The zero-order valence-electron chi connectivity index (χ0n) is 25.2. The van der Waals surface area contributed by atoms with Crippen LogP contribution in [0, 0.1) is 27.7 Å². The van der Waals surface area contributed by atoms with Crippen LogP contribution in [-0.4, -0.2) is 18.8 Å². The van der Waals surface area contributed by atoms with Crippen LogP contribution in [0.15, 0.2) is 121 Å². The van der Waals surface area contributed by atoms with E-state index in [1.165, 1.54) is 33.4 Å². The van der Waals surface area contributed by atoms with E-state index >= 15 is 0 Å². The van der Waals surface area contributed by atoms with Gasteiger partial charge < -0.3 is 4.57 Å². The molecule has 42 heavy (non-hydrogen) atoms. The molecule has 0 spiro atoms. The first kappa shape index (κ1) is 32.8. The molecule has 0 amide bonds. The topological polar surface area (TPSA) is 20.3 Å². The Balaban J connectivity index is 0.000000232. The van der Waals surface area contributed by atoms with Crippen LogP contribution < -0.4 is 0 Å². The molecule has 5 rings (SSSR count). The molecule has 1 aliphatic rings. The number of hydrogen-bond acceptors (Lipinski definition) is 1. The molecule has 1 heterocycles. The zero-order valence-corrected chi connectivity index (χ0v) is 26.1. The molecule has 1 aliphatic heterocycles. The average Bonchev–Trinajstić information content (AvgIpc) is 3.32. The summed E-state index contributed by atoms with van der Waals surface area (Å²) < 4.78 is 16.0. The van der Waals surface area contributed by atoms with Crippen molar-refractivity contribution < 1.29 is 4.57 Å². The summed E-state index contributed by atoms with van der Waals surface area (Å²) in [6, 6.07) is 33.9. The van der Waals surface area contributed by atoms with E-state index in [-0.39, 0.29) is 18.7 Å². The highest BCUT2D eigenvalue weighted by atomic mass is 31.2. The van der Waals surface area contributed by atoms with Crippen LogP contribution in [0.2, 0.25) is 0 Å². The summed E-state index contributed by atoms with van der Waals surface area (Å²) in [6.07, 6.45) is 12.6. The second-order valence-electron chi connectivity index (χ2n) is 11.2. The van der Waals surface area contributed by atoms with Crippen molar-refractivity contribution in [1.29, 1.82) is 0 Å². The molecule has 0 saturated carbocycles. The third-order valence-electron chi connectivity index (χ3n) is 7.58. The molecular formula is C39H46NOP. The van der Waals surface area contributed by atoms with Crippen molar-refractivity contribution >= 4 is 19.4 Å². The van der Waals surface area contributed by atoms with Gasteiger partial charge in [0.25, 0.3) is 0 Å². The lowest BCUT2D eigenvalue weighted by molar-refractivity contribution is 0.505. The summed E-state index contributed by atoms with van der Waals surface area (Å²) in [5.74, 6) is 0. The third kappa shape index (κ3) is 8.19. The minimum atomic E-state index is -2.61. The smallest absolute Gasteiger partial charge is 0.171 e.